The molecule has 1 atom stereocenters. The zero-order valence-corrected chi connectivity index (χ0v) is 17.7. The standard InChI is InChI=1S/C20H24ClN3O.2ClH/c1-15(17-4-6-18(21)7-5-17)23-10-12-24(13-11-23)20(25)14-16-2-8-19(22)9-3-16;;/h2-9,15H,10-14,22H2,1H3;2*1H. The number of halogens is 3. The van der Waals surface area contributed by atoms with E-state index >= 15 is 0 Å². The molecule has 27 heavy (non-hydrogen) atoms. The Morgan fingerprint density at radius 3 is 2.11 bits per heavy atom. The molecule has 2 N–H and O–H groups in total. The Hall–Kier alpha value is -1.46. The molecule has 2 aromatic rings. The van der Waals surface area contributed by atoms with Gasteiger partial charge in [0, 0.05) is 42.9 Å². The van der Waals surface area contributed by atoms with Gasteiger partial charge in [0.2, 0.25) is 5.91 Å². The molecule has 0 radical (unpaired) electrons. The summed E-state index contributed by atoms with van der Waals surface area (Å²) >= 11 is 5.97. The van der Waals surface area contributed by atoms with Crippen molar-refractivity contribution >= 4 is 48.0 Å². The number of nitrogens with two attached hydrogens (primary N) is 1. The number of nitrogen functional groups attached to an aromatic ring is 1. The number of carbonyl (C=O) groups is 1. The van der Waals surface area contributed by atoms with Gasteiger partial charge in [0.05, 0.1) is 6.42 Å². The predicted molar refractivity (Wildman–Crippen MR) is 117 cm³/mol. The SMILES string of the molecule is CC(c1ccc(Cl)cc1)N1CCN(C(=O)Cc2ccc(N)cc2)CC1.Cl.Cl. The lowest BCUT2D eigenvalue weighted by Gasteiger charge is -2.38. The van der Waals surface area contributed by atoms with Crippen LogP contribution in [0.3, 0.4) is 0 Å². The van der Waals surface area contributed by atoms with Crippen LogP contribution < -0.4 is 5.73 Å². The average Bonchev–Trinajstić information content (AvgIpc) is 2.64. The molecule has 7 heteroatoms. The number of piperazine rings is 1. The van der Waals surface area contributed by atoms with Crippen LogP contribution in [-0.2, 0) is 11.2 Å². The van der Waals surface area contributed by atoms with Crippen LogP contribution >= 0.6 is 36.4 Å². The van der Waals surface area contributed by atoms with E-state index in [1.807, 2.05) is 41.3 Å². The first-order chi connectivity index (χ1) is 12.0. The van der Waals surface area contributed by atoms with Crippen molar-refractivity contribution in [3.8, 4) is 0 Å². The van der Waals surface area contributed by atoms with Crippen molar-refractivity contribution in [3.63, 3.8) is 0 Å². The fourth-order valence-electron chi connectivity index (χ4n) is 3.23. The van der Waals surface area contributed by atoms with Crippen molar-refractivity contribution in [1.29, 1.82) is 0 Å². The topological polar surface area (TPSA) is 49.6 Å². The first kappa shape index (κ1) is 23.6. The highest BCUT2D eigenvalue weighted by atomic mass is 35.5. The van der Waals surface area contributed by atoms with Gasteiger partial charge < -0.3 is 10.6 Å². The summed E-state index contributed by atoms with van der Waals surface area (Å²) in [6.07, 6.45) is 0.438. The highest BCUT2D eigenvalue weighted by Crippen LogP contribution is 2.23. The molecule has 1 aliphatic heterocycles. The molecule has 1 unspecified atom stereocenters. The Kier molecular flexibility index (Phi) is 9.40. The summed E-state index contributed by atoms with van der Waals surface area (Å²) < 4.78 is 0. The highest BCUT2D eigenvalue weighted by molar-refractivity contribution is 6.30. The minimum atomic E-state index is 0. The first-order valence-corrected chi connectivity index (χ1v) is 9.02. The van der Waals surface area contributed by atoms with Gasteiger partial charge in [0.1, 0.15) is 0 Å². The molecule has 0 aromatic heterocycles. The lowest BCUT2D eigenvalue weighted by Crippen LogP contribution is -2.49. The fraction of sp³-hybridized carbons (Fsp3) is 0.350. The summed E-state index contributed by atoms with van der Waals surface area (Å²) in [5.41, 5.74) is 8.68. The van der Waals surface area contributed by atoms with Crippen LogP contribution in [0.25, 0.3) is 0 Å². The van der Waals surface area contributed by atoms with Crippen LogP contribution in [0.5, 0.6) is 0 Å². The van der Waals surface area contributed by atoms with E-state index in [2.05, 4.69) is 24.0 Å². The van der Waals surface area contributed by atoms with Crippen LogP contribution in [0.15, 0.2) is 48.5 Å². The number of hydrogen-bond acceptors (Lipinski definition) is 3. The number of hydrogen-bond donors (Lipinski definition) is 1. The molecule has 1 aliphatic rings. The minimum absolute atomic E-state index is 0. The van der Waals surface area contributed by atoms with Crippen LogP contribution in [0.1, 0.15) is 24.1 Å². The molecule has 1 heterocycles. The Morgan fingerprint density at radius 2 is 1.56 bits per heavy atom. The molecule has 148 valence electrons. The number of anilines is 1. The van der Waals surface area contributed by atoms with E-state index in [4.69, 9.17) is 17.3 Å². The highest BCUT2D eigenvalue weighted by Gasteiger charge is 2.24. The van der Waals surface area contributed by atoms with E-state index in [1.54, 1.807) is 0 Å². The monoisotopic (exact) mass is 429 g/mol. The summed E-state index contributed by atoms with van der Waals surface area (Å²) in [6, 6.07) is 15.9. The van der Waals surface area contributed by atoms with E-state index in [9.17, 15) is 4.79 Å². The molecule has 1 saturated heterocycles. The molecule has 0 spiro atoms. The normalized spacial score (nSPS) is 15.4. The maximum Gasteiger partial charge on any atom is 0.227 e. The van der Waals surface area contributed by atoms with Crippen molar-refractivity contribution in [2.24, 2.45) is 0 Å². The van der Waals surface area contributed by atoms with Crippen molar-refractivity contribution in [1.82, 2.24) is 9.80 Å². The van der Waals surface area contributed by atoms with Crippen molar-refractivity contribution in [3.05, 3.63) is 64.7 Å². The van der Waals surface area contributed by atoms with Gasteiger partial charge in [-0.3, -0.25) is 9.69 Å². The molecule has 0 aliphatic carbocycles. The second-order valence-electron chi connectivity index (χ2n) is 6.56. The van der Waals surface area contributed by atoms with Gasteiger partial charge in [-0.1, -0.05) is 35.9 Å². The number of amides is 1. The smallest absolute Gasteiger partial charge is 0.227 e. The minimum Gasteiger partial charge on any atom is -0.399 e. The number of rotatable bonds is 4. The van der Waals surface area contributed by atoms with Gasteiger partial charge in [-0.15, -0.1) is 24.8 Å². The predicted octanol–water partition coefficient (Wildman–Crippen LogP) is 4.21. The third-order valence-electron chi connectivity index (χ3n) is 4.90. The summed E-state index contributed by atoms with van der Waals surface area (Å²) in [7, 11) is 0. The number of benzene rings is 2. The zero-order valence-electron chi connectivity index (χ0n) is 15.3. The molecular weight excluding hydrogens is 405 g/mol. The maximum atomic E-state index is 12.5. The summed E-state index contributed by atoms with van der Waals surface area (Å²) in [5, 5.41) is 0.758. The van der Waals surface area contributed by atoms with Crippen molar-refractivity contribution in [2.45, 2.75) is 19.4 Å². The number of carbonyl (C=O) groups excluding carboxylic acids is 1. The van der Waals surface area contributed by atoms with Gasteiger partial charge in [-0.25, -0.2) is 0 Å². The number of nitrogens with zero attached hydrogens (tertiary/aromatic N) is 2. The maximum absolute atomic E-state index is 12.5. The van der Waals surface area contributed by atoms with Crippen LogP contribution in [0, 0.1) is 0 Å². The first-order valence-electron chi connectivity index (χ1n) is 8.64. The Bertz CT molecular complexity index is 714. The molecule has 1 amide bonds. The van der Waals surface area contributed by atoms with E-state index in [-0.39, 0.29) is 30.7 Å². The van der Waals surface area contributed by atoms with Gasteiger partial charge in [0.25, 0.3) is 0 Å². The lowest BCUT2D eigenvalue weighted by molar-refractivity contribution is -0.132. The van der Waals surface area contributed by atoms with E-state index in [1.165, 1.54) is 5.56 Å². The largest absolute Gasteiger partial charge is 0.399 e. The van der Waals surface area contributed by atoms with Crippen molar-refractivity contribution in [2.75, 3.05) is 31.9 Å². The van der Waals surface area contributed by atoms with Crippen LogP contribution in [0.2, 0.25) is 5.02 Å². The molecule has 0 bridgehead atoms. The third-order valence-corrected chi connectivity index (χ3v) is 5.15. The second kappa shape index (κ2) is 10.8. The molecule has 1 fully saturated rings. The third kappa shape index (κ3) is 6.28. The zero-order chi connectivity index (χ0) is 17.8. The van der Waals surface area contributed by atoms with E-state index in [0.29, 0.717) is 12.5 Å². The lowest BCUT2D eigenvalue weighted by atomic mass is 10.1. The molecule has 2 aromatic carbocycles. The van der Waals surface area contributed by atoms with Gasteiger partial charge in [-0.05, 0) is 42.3 Å². The van der Waals surface area contributed by atoms with Crippen LogP contribution in [-0.4, -0.2) is 41.9 Å². The Morgan fingerprint density at radius 1 is 1.00 bits per heavy atom. The van der Waals surface area contributed by atoms with Gasteiger partial charge >= 0.3 is 0 Å². The molecular formula is C20H26Cl3N3O. The molecule has 3 rings (SSSR count). The van der Waals surface area contributed by atoms with Gasteiger partial charge in [0.15, 0.2) is 0 Å². The van der Waals surface area contributed by atoms with E-state index in [0.717, 1.165) is 42.5 Å². The Balaban J connectivity index is 0.00000182. The quantitative estimate of drug-likeness (QED) is 0.739. The van der Waals surface area contributed by atoms with E-state index < -0.39 is 0 Å². The van der Waals surface area contributed by atoms with Crippen LogP contribution in [0.4, 0.5) is 5.69 Å². The van der Waals surface area contributed by atoms with Gasteiger partial charge in [-0.2, -0.15) is 0 Å². The summed E-state index contributed by atoms with van der Waals surface area (Å²) in [4.78, 5) is 16.9. The second-order valence-corrected chi connectivity index (χ2v) is 7.00. The summed E-state index contributed by atoms with van der Waals surface area (Å²) in [6.45, 7) is 5.51. The molecule has 0 saturated carbocycles. The van der Waals surface area contributed by atoms with Crippen molar-refractivity contribution < 1.29 is 4.79 Å². The molecule has 4 nitrogen and oxygen atoms in total. The Labute approximate surface area is 178 Å². The average molecular weight is 431 g/mol. The fourth-order valence-corrected chi connectivity index (χ4v) is 3.36. The summed E-state index contributed by atoms with van der Waals surface area (Å²) in [5.74, 6) is 0.184.